The van der Waals surface area contributed by atoms with Gasteiger partial charge >= 0.3 is 0 Å². The van der Waals surface area contributed by atoms with Crippen molar-refractivity contribution in [3.8, 4) is 0 Å². The van der Waals surface area contributed by atoms with Crippen LogP contribution >= 0.6 is 0 Å². The van der Waals surface area contributed by atoms with E-state index in [2.05, 4.69) is 10.0 Å². The molecule has 1 atom stereocenters. The van der Waals surface area contributed by atoms with Crippen LogP contribution in [0.2, 0.25) is 0 Å². The Morgan fingerprint density at radius 1 is 1.38 bits per heavy atom. The SMILES string of the molecule is CNCc1cc(F)c(F)c(S(=O)(=O)NCC2CCCO2)c1. The number of hydrogen-bond acceptors (Lipinski definition) is 4. The summed E-state index contributed by atoms with van der Waals surface area (Å²) in [6.45, 7) is 0.887. The van der Waals surface area contributed by atoms with Crippen LogP contribution < -0.4 is 10.0 Å². The Balaban J connectivity index is 2.21. The van der Waals surface area contributed by atoms with E-state index in [1.54, 1.807) is 7.05 Å². The minimum absolute atomic E-state index is 0.0552. The van der Waals surface area contributed by atoms with Gasteiger partial charge in [-0.3, -0.25) is 0 Å². The molecule has 0 radical (unpaired) electrons. The molecule has 1 unspecified atom stereocenters. The van der Waals surface area contributed by atoms with E-state index in [1.807, 2.05) is 0 Å². The Morgan fingerprint density at radius 2 is 2.14 bits per heavy atom. The number of nitrogens with one attached hydrogen (secondary N) is 2. The molecule has 118 valence electrons. The Labute approximate surface area is 122 Å². The average Bonchev–Trinajstić information content (AvgIpc) is 2.94. The molecule has 1 heterocycles. The van der Waals surface area contributed by atoms with E-state index in [1.165, 1.54) is 0 Å². The van der Waals surface area contributed by atoms with Gasteiger partial charge in [0.25, 0.3) is 0 Å². The van der Waals surface area contributed by atoms with E-state index in [4.69, 9.17) is 4.74 Å². The molecule has 0 aliphatic carbocycles. The lowest BCUT2D eigenvalue weighted by atomic mass is 10.2. The molecule has 1 aliphatic rings. The van der Waals surface area contributed by atoms with Crippen LogP contribution in [-0.2, 0) is 21.3 Å². The van der Waals surface area contributed by atoms with Gasteiger partial charge in [0, 0.05) is 19.7 Å². The lowest BCUT2D eigenvalue weighted by Gasteiger charge is -2.13. The predicted molar refractivity (Wildman–Crippen MR) is 73.3 cm³/mol. The maximum Gasteiger partial charge on any atom is 0.243 e. The normalized spacial score (nSPS) is 19.1. The van der Waals surface area contributed by atoms with E-state index >= 15 is 0 Å². The summed E-state index contributed by atoms with van der Waals surface area (Å²) in [5.74, 6) is -2.55. The number of benzene rings is 1. The Kier molecular flexibility index (Phi) is 5.26. The van der Waals surface area contributed by atoms with Crippen LogP contribution in [0.3, 0.4) is 0 Å². The van der Waals surface area contributed by atoms with Crippen molar-refractivity contribution in [3.05, 3.63) is 29.3 Å². The highest BCUT2D eigenvalue weighted by Gasteiger charge is 2.25. The Bertz CT molecular complexity index is 602. The van der Waals surface area contributed by atoms with Crippen molar-refractivity contribution in [1.82, 2.24) is 10.0 Å². The smallest absolute Gasteiger partial charge is 0.243 e. The highest BCUT2D eigenvalue weighted by molar-refractivity contribution is 7.89. The minimum Gasteiger partial charge on any atom is -0.377 e. The summed E-state index contributed by atoms with van der Waals surface area (Å²) >= 11 is 0. The maximum atomic E-state index is 13.8. The first kappa shape index (κ1) is 16.3. The summed E-state index contributed by atoms with van der Waals surface area (Å²) in [5.41, 5.74) is 0.355. The van der Waals surface area contributed by atoms with Crippen LogP contribution in [0.5, 0.6) is 0 Å². The van der Waals surface area contributed by atoms with Gasteiger partial charge in [0.1, 0.15) is 4.90 Å². The van der Waals surface area contributed by atoms with Crippen LogP contribution in [-0.4, -0.2) is 34.7 Å². The van der Waals surface area contributed by atoms with Crippen LogP contribution in [0.25, 0.3) is 0 Å². The largest absolute Gasteiger partial charge is 0.377 e. The standard InChI is InChI=1S/C13H18F2N2O3S/c1-16-7-9-5-11(14)13(15)12(6-9)21(18,19)17-8-10-3-2-4-20-10/h5-6,10,16-17H,2-4,7-8H2,1H3. The van der Waals surface area contributed by atoms with Crippen LogP contribution in [0.4, 0.5) is 8.78 Å². The minimum atomic E-state index is -4.11. The molecule has 1 aliphatic heterocycles. The molecule has 1 fully saturated rings. The van der Waals surface area contributed by atoms with Crippen molar-refractivity contribution >= 4 is 10.0 Å². The first-order valence-corrected chi connectivity index (χ1v) is 8.16. The first-order valence-electron chi connectivity index (χ1n) is 6.68. The van der Waals surface area contributed by atoms with Crippen molar-refractivity contribution < 1.29 is 21.9 Å². The molecule has 2 N–H and O–H groups in total. The van der Waals surface area contributed by atoms with Gasteiger partial charge in [0.2, 0.25) is 10.0 Å². The second-order valence-electron chi connectivity index (χ2n) is 4.91. The van der Waals surface area contributed by atoms with E-state index in [9.17, 15) is 17.2 Å². The van der Waals surface area contributed by atoms with Gasteiger partial charge in [-0.2, -0.15) is 0 Å². The van der Waals surface area contributed by atoms with Crippen LogP contribution in [0.15, 0.2) is 17.0 Å². The summed E-state index contributed by atoms with van der Waals surface area (Å²) in [6.07, 6.45) is 1.40. The van der Waals surface area contributed by atoms with Gasteiger partial charge in [-0.15, -0.1) is 0 Å². The zero-order valence-electron chi connectivity index (χ0n) is 11.7. The van der Waals surface area contributed by atoms with Gasteiger partial charge in [0.05, 0.1) is 6.10 Å². The fourth-order valence-electron chi connectivity index (χ4n) is 2.20. The van der Waals surface area contributed by atoms with E-state index in [-0.39, 0.29) is 19.2 Å². The quantitative estimate of drug-likeness (QED) is 0.825. The lowest BCUT2D eigenvalue weighted by Crippen LogP contribution is -2.32. The van der Waals surface area contributed by atoms with Gasteiger partial charge < -0.3 is 10.1 Å². The molecule has 0 saturated carbocycles. The van der Waals surface area contributed by atoms with Gasteiger partial charge in [-0.25, -0.2) is 21.9 Å². The summed E-state index contributed by atoms with van der Waals surface area (Å²) < 4.78 is 59.1. The zero-order chi connectivity index (χ0) is 15.5. The topological polar surface area (TPSA) is 67.4 Å². The number of sulfonamides is 1. The highest BCUT2D eigenvalue weighted by Crippen LogP contribution is 2.20. The lowest BCUT2D eigenvalue weighted by molar-refractivity contribution is 0.114. The third-order valence-electron chi connectivity index (χ3n) is 3.25. The summed E-state index contributed by atoms with van der Waals surface area (Å²) in [4.78, 5) is -0.675. The molecule has 0 spiro atoms. The third kappa shape index (κ3) is 3.97. The Morgan fingerprint density at radius 3 is 2.76 bits per heavy atom. The van der Waals surface area contributed by atoms with Crippen molar-refractivity contribution in [2.24, 2.45) is 0 Å². The fourth-order valence-corrected chi connectivity index (χ4v) is 3.41. The molecule has 1 aromatic carbocycles. The van der Waals surface area contributed by atoms with Gasteiger partial charge in [-0.1, -0.05) is 0 Å². The van der Waals surface area contributed by atoms with Crippen molar-refractivity contribution in [1.29, 1.82) is 0 Å². The molecule has 8 heteroatoms. The molecule has 5 nitrogen and oxygen atoms in total. The molecular weight excluding hydrogens is 302 g/mol. The maximum absolute atomic E-state index is 13.8. The highest BCUT2D eigenvalue weighted by atomic mass is 32.2. The molecule has 0 bridgehead atoms. The monoisotopic (exact) mass is 320 g/mol. The second-order valence-corrected chi connectivity index (χ2v) is 6.64. The fraction of sp³-hybridized carbons (Fsp3) is 0.538. The van der Waals surface area contributed by atoms with E-state index < -0.39 is 26.6 Å². The van der Waals surface area contributed by atoms with Gasteiger partial charge in [-0.05, 0) is 37.6 Å². The van der Waals surface area contributed by atoms with Crippen molar-refractivity contribution in [2.75, 3.05) is 20.2 Å². The number of rotatable bonds is 6. The molecule has 21 heavy (non-hydrogen) atoms. The average molecular weight is 320 g/mol. The van der Waals surface area contributed by atoms with Crippen molar-refractivity contribution in [2.45, 2.75) is 30.4 Å². The van der Waals surface area contributed by atoms with Crippen molar-refractivity contribution in [3.63, 3.8) is 0 Å². The molecule has 0 amide bonds. The first-order chi connectivity index (χ1) is 9.94. The third-order valence-corrected chi connectivity index (χ3v) is 4.67. The van der Waals surface area contributed by atoms with E-state index in [0.29, 0.717) is 12.2 Å². The second kappa shape index (κ2) is 6.78. The number of halogens is 2. The molecule has 1 saturated heterocycles. The predicted octanol–water partition coefficient (Wildman–Crippen LogP) is 1.14. The van der Waals surface area contributed by atoms with Crippen LogP contribution in [0.1, 0.15) is 18.4 Å². The summed E-state index contributed by atoms with van der Waals surface area (Å²) in [5, 5.41) is 2.76. The van der Waals surface area contributed by atoms with Crippen LogP contribution in [0, 0.1) is 11.6 Å². The molecule has 0 aromatic heterocycles. The molecule has 2 rings (SSSR count). The number of ether oxygens (including phenoxy) is 1. The Hall–Kier alpha value is -1.09. The zero-order valence-corrected chi connectivity index (χ0v) is 12.5. The van der Waals surface area contributed by atoms with Gasteiger partial charge in [0.15, 0.2) is 11.6 Å². The summed E-state index contributed by atoms with van der Waals surface area (Å²) in [6, 6.07) is 2.11. The summed E-state index contributed by atoms with van der Waals surface area (Å²) in [7, 11) is -2.48. The van der Waals surface area contributed by atoms with E-state index in [0.717, 1.165) is 25.0 Å². The molecule has 1 aromatic rings. The number of hydrogen-bond donors (Lipinski definition) is 2. The molecular formula is C13H18F2N2O3S.